The molecule has 1 aromatic carbocycles. The van der Waals surface area contributed by atoms with Gasteiger partial charge >= 0.3 is 0 Å². The van der Waals surface area contributed by atoms with E-state index in [2.05, 4.69) is 13.3 Å². The normalized spacial score (nSPS) is 10.4. The average Bonchev–Trinajstić information content (AvgIpc) is 2.25. The number of nitro benzene ring substituents is 1. The molecular weight excluding hydrogens is 229 g/mol. The van der Waals surface area contributed by atoms with Gasteiger partial charge in [-0.25, -0.2) is 0 Å². The van der Waals surface area contributed by atoms with Crippen LogP contribution in [0, 0.1) is 10.1 Å². The van der Waals surface area contributed by atoms with E-state index in [9.17, 15) is 10.1 Å². The van der Waals surface area contributed by atoms with Gasteiger partial charge < -0.3 is 4.89 Å². The summed E-state index contributed by atoms with van der Waals surface area (Å²) in [6.07, 6.45) is 0.975. The van der Waals surface area contributed by atoms with Gasteiger partial charge in [0.25, 0.3) is 5.69 Å². The Bertz CT molecular complexity index is 339. The fourth-order valence-electron chi connectivity index (χ4n) is 0.953. The third kappa shape index (κ3) is 4.55. The molecular formula is C10H14NO4P. The van der Waals surface area contributed by atoms with Crippen molar-refractivity contribution in [3.8, 4) is 5.75 Å². The zero-order valence-electron chi connectivity index (χ0n) is 9.25. The average molecular weight is 243 g/mol. The first-order valence-electron chi connectivity index (χ1n) is 4.78. The van der Waals surface area contributed by atoms with Crippen molar-refractivity contribution in [2.24, 2.45) is 0 Å². The standard InChI is InChI=1S/C10H14NO4P/c1-16(2)8-7-14-15-10-5-3-9(4-6-10)11(12)13/h3-6H,7-8H2,1-2H3. The van der Waals surface area contributed by atoms with Crippen molar-refractivity contribution in [1.29, 1.82) is 0 Å². The Hall–Kier alpha value is -1.19. The lowest BCUT2D eigenvalue weighted by Gasteiger charge is -2.06. The van der Waals surface area contributed by atoms with Crippen molar-refractivity contribution >= 4 is 13.6 Å². The van der Waals surface area contributed by atoms with Crippen LogP contribution in [0.3, 0.4) is 0 Å². The number of benzene rings is 1. The Morgan fingerprint density at radius 2 is 1.94 bits per heavy atom. The molecule has 0 saturated carbocycles. The molecule has 0 N–H and O–H groups in total. The molecule has 0 atom stereocenters. The van der Waals surface area contributed by atoms with E-state index >= 15 is 0 Å². The summed E-state index contributed by atoms with van der Waals surface area (Å²) in [5, 5.41) is 10.4. The molecule has 0 aliphatic heterocycles. The molecule has 0 aromatic heterocycles. The minimum absolute atomic E-state index is 0.0109. The summed E-state index contributed by atoms with van der Waals surface area (Å²) < 4.78 is 0. The SMILES string of the molecule is CP(C)CCOOc1ccc([N+](=O)[O-])cc1. The second kappa shape index (κ2) is 6.40. The molecule has 0 heterocycles. The molecule has 1 rings (SSSR count). The van der Waals surface area contributed by atoms with Gasteiger partial charge in [-0.15, -0.1) is 7.92 Å². The first-order valence-corrected chi connectivity index (χ1v) is 7.20. The van der Waals surface area contributed by atoms with E-state index in [1.54, 1.807) is 0 Å². The minimum atomic E-state index is -0.452. The molecule has 1 aromatic rings. The van der Waals surface area contributed by atoms with Crippen molar-refractivity contribution in [1.82, 2.24) is 0 Å². The number of non-ortho nitro benzene ring substituents is 1. The Morgan fingerprint density at radius 1 is 1.31 bits per heavy atom. The van der Waals surface area contributed by atoms with Crippen LogP contribution >= 0.6 is 7.92 Å². The molecule has 0 aliphatic carbocycles. The Kier molecular flexibility index (Phi) is 5.15. The number of hydrogen-bond donors (Lipinski definition) is 0. The minimum Gasteiger partial charge on any atom is -0.338 e. The van der Waals surface area contributed by atoms with Crippen molar-refractivity contribution in [2.45, 2.75) is 0 Å². The topological polar surface area (TPSA) is 61.6 Å². The van der Waals surface area contributed by atoms with E-state index in [4.69, 9.17) is 9.78 Å². The first-order chi connectivity index (χ1) is 7.59. The van der Waals surface area contributed by atoms with Crippen LogP contribution in [0.1, 0.15) is 0 Å². The first kappa shape index (κ1) is 12.9. The lowest BCUT2D eigenvalue weighted by molar-refractivity contribution is -0.384. The lowest BCUT2D eigenvalue weighted by Crippen LogP contribution is -2.02. The third-order valence-electron chi connectivity index (χ3n) is 1.82. The molecule has 0 aliphatic rings. The predicted octanol–water partition coefficient (Wildman–Crippen LogP) is 2.65. The van der Waals surface area contributed by atoms with E-state index in [1.807, 2.05) is 0 Å². The highest BCUT2D eigenvalue weighted by Gasteiger charge is 2.04. The number of hydrogen-bond acceptors (Lipinski definition) is 4. The molecule has 0 amide bonds. The highest BCUT2D eigenvalue weighted by molar-refractivity contribution is 7.55. The number of rotatable bonds is 6. The summed E-state index contributed by atoms with van der Waals surface area (Å²) in [6, 6.07) is 5.79. The van der Waals surface area contributed by atoms with Crippen molar-refractivity contribution < 1.29 is 14.7 Å². The zero-order valence-corrected chi connectivity index (χ0v) is 10.1. The fraction of sp³-hybridized carbons (Fsp3) is 0.400. The molecule has 0 spiro atoms. The Morgan fingerprint density at radius 3 is 2.44 bits per heavy atom. The van der Waals surface area contributed by atoms with Crippen molar-refractivity contribution in [3.63, 3.8) is 0 Å². The van der Waals surface area contributed by atoms with Gasteiger partial charge in [-0.05, 0) is 31.6 Å². The second-order valence-electron chi connectivity index (χ2n) is 3.46. The second-order valence-corrected chi connectivity index (χ2v) is 6.07. The van der Waals surface area contributed by atoms with Gasteiger partial charge in [0.2, 0.25) is 0 Å². The molecule has 5 nitrogen and oxygen atoms in total. The van der Waals surface area contributed by atoms with Crippen LogP contribution in [0.4, 0.5) is 5.69 Å². The van der Waals surface area contributed by atoms with Crippen LogP contribution in [0.5, 0.6) is 5.75 Å². The van der Waals surface area contributed by atoms with Crippen molar-refractivity contribution in [2.75, 3.05) is 26.1 Å². The van der Waals surface area contributed by atoms with Crippen LogP contribution in [-0.2, 0) is 4.89 Å². The summed E-state index contributed by atoms with van der Waals surface area (Å²) in [5.41, 5.74) is 0.0398. The summed E-state index contributed by atoms with van der Waals surface area (Å²) in [6.45, 7) is 4.85. The summed E-state index contributed by atoms with van der Waals surface area (Å²) in [5.74, 6) is 0.474. The molecule has 0 bridgehead atoms. The van der Waals surface area contributed by atoms with E-state index in [1.165, 1.54) is 24.3 Å². The maximum atomic E-state index is 10.4. The van der Waals surface area contributed by atoms with E-state index < -0.39 is 4.92 Å². The van der Waals surface area contributed by atoms with E-state index in [-0.39, 0.29) is 13.6 Å². The van der Waals surface area contributed by atoms with Gasteiger partial charge in [-0.2, -0.15) is 4.89 Å². The maximum Gasteiger partial charge on any atom is 0.269 e. The third-order valence-corrected chi connectivity index (χ3v) is 2.90. The quantitative estimate of drug-likeness (QED) is 0.253. The van der Waals surface area contributed by atoms with Crippen LogP contribution < -0.4 is 4.89 Å². The lowest BCUT2D eigenvalue weighted by atomic mass is 10.3. The summed E-state index contributed by atoms with van der Waals surface area (Å²) in [7, 11) is 0.0109. The predicted molar refractivity (Wildman–Crippen MR) is 63.3 cm³/mol. The van der Waals surface area contributed by atoms with E-state index in [0.717, 1.165) is 6.16 Å². The van der Waals surface area contributed by atoms with Crippen LogP contribution in [0.2, 0.25) is 0 Å². The van der Waals surface area contributed by atoms with E-state index in [0.29, 0.717) is 12.4 Å². The maximum absolute atomic E-state index is 10.4. The number of nitrogens with zero attached hydrogens (tertiary/aromatic N) is 1. The van der Waals surface area contributed by atoms with Crippen molar-refractivity contribution in [3.05, 3.63) is 34.4 Å². The zero-order chi connectivity index (χ0) is 12.0. The Balaban J connectivity index is 2.35. The van der Waals surface area contributed by atoms with Gasteiger partial charge in [0.15, 0.2) is 5.75 Å². The Labute approximate surface area is 95.2 Å². The highest BCUT2D eigenvalue weighted by Crippen LogP contribution is 2.23. The summed E-state index contributed by atoms with van der Waals surface area (Å²) >= 11 is 0. The largest absolute Gasteiger partial charge is 0.338 e. The molecule has 0 saturated heterocycles. The van der Waals surface area contributed by atoms with Crippen LogP contribution in [-0.4, -0.2) is 31.0 Å². The van der Waals surface area contributed by atoms with Gasteiger partial charge in [0, 0.05) is 12.1 Å². The highest BCUT2D eigenvalue weighted by atomic mass is 31.1. The smallest absolute Gasteiger partial charge is 0.269 e. The number of nitro groups is 1. The van der Waals surface area contributed by atoms with Gasteiger partial charge in [-0.1, -0.05) is 0 Å². The molecule has 0 unspecified atom stereocenters. The molecule has 88 valence electrons. The van der Waals surface area contributed by atoms with Crippen LogP contribution in [0.25, 0.3) is 0 Å². The monoisotopic (exact) mass is 243 g/mol. The summed E-state index contributed by atoms with van der Waals surface area (Å²) in [4.78, 5) is 19.9. The molecule has 16 heavy (non-hydrogen) atoms. The molecule has 0 fully saturated rings. The van der Waals surface area contributed by atoms with Crippen LogP contribution in [0.15, 0.2) is 24.3 Å². The van der Waals surface area contributed by atoms with Gasteiger partial charge in [0.05, 0.1) is 11.5 Å². The molecule has 6 heteroatoms. The van der Waals surface area contributed by atoms with Gasteiger partial charge in [-0.3, -0.25) is 10.1 Å². The fourth-order valence-corrected chi connectivity index (χ4v) is 1.39. The molecule has 0 radical (unpaired) electrons. The van der Waals surface area contributed by atoms with Gasteiger partial charge in [0.1, 0.15) is 0 Å².